The molecule has 0 unspecified atom stereocenters. The fourth-order valence-electron chi connectivity index (χ4n) is 0.510. The van der Waals surface area contributed by atoms with Crippen LogP contribution in [-0.2, 0) is 4.74 Å². The average molecular weight is 94.1 g/mol. The van der Waals surface area contributed by atoms with Crippen LogP contribution in [0.3, 0.4) is 0 Å². The van der Waals surface area contributed by atoms with Crippen molar-refractivity contribution in [1.29, 1.82) is 0 Å². The molecule has 0 aliphatic carbocycles. The van der Waals surface area contributed by atoms with E-state index in [2.05, 4.69) is 0 Å². The molecule has 1 heterocycles. The average Bonchev–Trinajstić information content (AvgIpc) is 2.23. The van der Waals surface area contributed by atoms with Crippen LogP contribution in [0.2, 0.25) is 5.60 Å². The zero-order chi connectivity index (χ0) is 5.54. The summed E-state index contributed by atoms with van der Waals surface area (Å²) in [5.41, 5.74) is 2.00. The summed E-state index contributed by atoms with van der Waals surface area (Å²) in [4.78, 5) is 0. The molecule has 0 atom stereocenters. The first-order valence-electron chi connectivity index (χ1n) is 3.08. The van der Waals surface area contributed by atoms with Crippen molar-refractivity contribution in [1.82, 2.24) is 0 Å². The molecule has 0 amide bonds. The van der Waals surface area contributed by atoms with Crippen molar-refractivity contribution in [3.05, 3.63) is 0 Å². The van der Waals surface area contributed by atoms with E-state index in [-0.39, 0.29) is 0 Å². The first kappa shape index (κ1) is 7.56. The second kappa shape index (κ2) is 6.56. The molecular weight excluding hydrogens is 83.0 g/mol. The van der Waals surface area contributed by atoms with Crippen LogP contribution < -0.4 is 0 Å². The van der Waals surface area contributed by atoms with Gasteiger partial charge in [-0.1, -0.05) is 0 Å². The van der Waals surface area contributed by atoms with E-state index in [1.165, 1.54) is 12.8 Å². The molecule has 1 fully saturated rings. The maximum atomic E-state index is 4.94. The SMILES string of the molecule is C1CCOC1.[Li][CH3]. The van der Waals surface area contributed by atoms with Gasteiger partial charge in [0, 0.05) is 13.2 Å². The van der Waals surface area contributed by atoms with E-state index in [4.69, 9.17) is 4.74 Å². The fraction of sp³-hybridized carbons (Fsp3) is 1.00. The molecule has 1 nitrogen and oxygen atoms in total. The van der Waals surface area contributed by atoms with Gasteiger partial charge in [0.05, 0.1) is 0 Å². The van der Waals surface area contributed by atoms with Crippen LogP contribution in [0.15, 0.2) is 0 Å². The Hall–Kier alpha value is 0.557. The Morgan fingerprint density at radius 1 is 1.14 bits per heavy atom. The van der Waals surface area contributed by atoms with Crippen LogP contribution in [0.1, 0.15) is 12.8 Å². The minimum atomic E-state index is 1.00. The number of hydrogen-bond acceptors (Lipinski definition) is 1. The minimum absolute atomic E-state index is 1.00. The number of ether oxygens (including phenoxy) is 1. The van der Waals surface area contributed by atoms with Crippen molar-refractivity contribution >= 4 is 17.7 Å². The Labute approximate surface area is 54.6 Å². The summed E-state index contributed by atoms with van der Waals surface area (Å²) in [6.07, 6.45) is 2.56. The van der Waals surface area contributed by atoms with Gasteiger partial charge >= 0.3 is 23.3 Å². The van der Waals surface area contributed by atoms with Gasteiger partial charge in [0.2, 0.25) is 0 Å². The third-order valence-corrected chi connectivity index (χ3v) is 0.827. The molecule has 1 aliphatic heterocycles. The number of rotatable bonds is 0. The second-order valence-electron chi connectivity index (χ2n) is 1.32. The van der Waals surface area contributed by atoms with Crippen LogP contribution >= 0.6 is 0 Å². The Bertz CT molecular complexity index is 19.7. The molecule has 0 bridgehead atoms. The molecule has 0 aromatic carbocycles. The summed E-state index contributed by atoms with van der Waals surface area (Å²) in [6.45, 7) is 2.00. The van der Waals surface area contributed by atoms with Crippen LogP contribution in [0, 0.1) is 0 Å². The van der Waals surface area contributed by atoms with Gasteiger partial charge in [-0.15, -0.1) is 0 Å². The van der Waals surface area contributed by atoms with Crippen molar-refractivity contribution in [3.8, 4) is 0 Å². The first-order chi connectivity index (χ1) is 3.50. The molecule has 1 saturated heterocycles. The summed E-state index contributed by atoms with van der Waals surface area (Å²) >= 11 is 2.00. The van der Waals surface area contributed by atoms with E-state index in [0.717, 1.165) is 13.2 Å². The summed E-state index contributed by atoms with van der Waals surface area (Å²) in [5.74, 6) is 0. The molecule has 0 spiro atoms. The predicted octanol–water partition coefficient (Wildman–Crippen LogP) is 1.000. The van der Waals surface area contributed by atoms with E-state index in [1.54, 1.807) is 0 Å². The predicted molar refractivity (Wildman–Crippen MR) is 31.7 cm³/mol. The molecule has 0 radical (unpaired) electrons. The molecular formula is C5H11LiO. The van der Waals surface area contributed by atoms with Gasteiger partial charge in [0.25, 0.3) is 0 Å². The van der Waals surface area contributed by atoms with E-state index >= 15 is 0 Å². The zero-order valence-electron chi connectivity index (χ0n) is 5.24. The van der Waals surface area contributed by atoms with Crippen LogP contribution in [0.5, 0.6) is 0 Å². The van der Waals surface area contributed by atoms with Gasteiger partial charge in [0.1, 0.15) is 0 Å². The maximum absolute atomic E-state index is 4.94. The van der Waals surface area contributed by atoms with Crippen molar-refractivity contribution in [3.63, 3.8) is 0 Å². The molecule has 0 N–H and O–H groups in total. The van der Waals surface area contributed by atoms with Gasteiger partial charge in [-0.05, 0) is 12.8 Å². The Morgan fingerprint density at radius 3 is 1.71 bits per heavy atom. The van der Waals surface area contributed by atoms with Gasteiger partial charge in [-0.2, -0.15) is 0 Å². The molecule has 7 heavy (non-hydrogen) atoms. The first-order valence-corrected chi connectivity index (χ1v) is 3.08. The standard InChI is InChI=1S/C4H8O.CH3.Li/c1-2-4-5-3-1;;/h1-4H2;1H3;. The monoisotopic (exact) mass is 94.1 g/mol. The third kappa shape index (κ3) is 4.41. The molecule has 2 heteroatoms. The Morgan fingerprint density at radius 2 is 1.57 bits per heavy atom. The van der Waals surface area contributed by atoms with Crippen molar-refractivity contribution in [2.75, 3.05) is 13.2 Å². The molecule has 0 aromatic heterocycles. The van der Waals surface area contributed by atoms with Crippen molar-refractivity contribution in [2.45, 2.75) is 18.4 Å². The van der Waals surface area contributed by atoms with Crippen molar-refractivity contribution < 1.29 is 4.74 Å². The van der Waals surface area contributed by atoms with Crippen LogP contribution in [0.25, 0.3) is 0 Å². The van der Waals surface area contributed by atoms with Crippen LogP contribution in [0.4, 0.5) is 0 Å². The second-order valence-corrected chi connectivity index (χ2v) is 1.32. The van der Waals surface area contributed by atoms with Gasteiger partial charge in [-0.3, -0.25) is 0 Å². The molecule has 1 aliphatic rings. The van der Waals surface area contributed by atoms with E-state index in [1.807, 2.05) is 23.3 Å². The zero-order valence-corrected chi connectivity index (χ0v) is 5.24. The summed E-state index contributed by atoms with van der Waals surface area (Å²) < 4.78 is 4.94. The van der Waals surface area contributed by atoms with Crippen LogP contribution in [-0.4, -0.2) is 30.9 Å². The fourth-order valence-corrected chi connectivity index (χ4v) is 0.510. The van der Waals surface area contributed by atoms with E-state index in [0.29, 0.717) is 0 Å². The molecule has 1 rings (SSSR count). The Kier molecular flexibility index (Phi) is 7.08. The normalized spacial score (nSPS) is 18.1. The topological polar surface area (TPSA) is 9.23 Å². The summed E-state index contributed by atoms with van der Waals surface area (Å²) in [7, 11) is 0. The quantitative estimate of drug-likeness (QED) is 0.407. The van der Waals surface area contributed by atoms with Gasteiger partial charge in [0.15, 0.2) is 0 Å². The molecule has 38 valence electrons. The van der Waals surface area contributed by atoms with E-state index in [9.17, 15) is 0 Å². The van der Waals surface area contributed by atoms with Crippen molar-refractivity contribution in [2.24, 2.45) is 0 Å². The third-order valence-electron chi connectivity index (χ3n) is 0.827. The number of hydrogen-bond donors (Lipinski definition) is 0. The Balaban J connectivity index is 0.000000162. The molecule has 0 aromatic rings. The van der Waals surface area contributed by atoms with Gasteiger partial charge < -0.3 is 4.74 Å². The summed E-state index contributed by atoms with van der Waals surface area (Å²) in [6, 6.07) is 0. The van der Waals surface area contributed by atoms with E-state index < -0.39 is 0 Å². The summed E-state index contributed by atoms with van der Waals surface area (Å²) in [5, 5.41) is 0. The molecule has 0 saturated carbocycles. The van der Waals surface area contributed by atoms with Gasteiger partial charge in [-0.25, -0.2) is 0 Å².